The summed E-state index contributed by atoms with van der Waals surface area (Å²) >= 11 is 7.77. The normalized spacial score (nSPS) is 19.8. The van der Waals surface area contributed by atoms with Gasteiger partial charge in [0.25, 0.3) is 0 Å². The first-order valence-corrected chi connectivity index (χ1v) is 7.87. The summed E-state index contributed by atoms with van der Waals surface area (Å²) in [5, 5.41) is 3.58. The fraction of sp³-hybridized carbons (Fsp3) is 0.571. The third-order valence-electron chi connectivity index (χ3n) is 3.28. The Morgan fingerprint density at radius 2 is 2.33 bits per heavy atom. The Bertz CT molecular complexity index is 369. The Kier molecular flexibility index (Phi) is 5.83. The van der Waals surface area contributed by atoms with Crippen LogP contribution in [-0.4, -0.2) is 37.9 Å². The van der Waals surface area contributed by atoms with Gasteiger partial charge >= 0.3 is 0 Å². The number of hydrogen-bond donors (Lipinski definition) is 1. The average molecular weight is 286 g/mol. The molecule has 0 aromatic heterocycles. The number of thioether (sulfide) groups is 1. The van der Waals surface area contributed by atoms with Gasteiger partial charge in [-0.3, -0.25) is 0 Å². The van der Waals surface area contributed by atoms with Gasteiger partial charge in [-0.15, -0.1) is 23.4 Å². The van der Waals surface area contributed by atoms with Gasteiger partial charge in [0.1, 0.15) is 0 Å². The Hall–Kier alpha value is -0.220. The first-order valence-electron chi connectivity index (χ1n) is 6.35. The van der Waals surface area contributed by atoms with Crippen molar-refractivity contribution in [2.75, 3.05) is 31.9 Å². The van der Waals surface area contributed by atoms with Gasteiger partial charge in [-0.25, -0.2) is 0 Å². The van der Waals surface area contributed by atoms with Crippen LogP contribution in [0.2, 0.25) is 0 Å². The predicted molar refractivity (Wildman–Crippen MR) is 78.9 cm³/mol. The van der Waals surface area contributed by atoms with Crippen molar-refractivity contribution in [2.24, 2.45) is 0 Å². The standard InChI is InChI=1S/C14H20ClNOS/c1-17-9-12(6-7-15)16-8-11-10-18-14-5-3-2-4-13(11)14/h2-5,11-12,16H,6-10H2,1H3. The number of halogens is 1. The van der Waals surface area contributed by atoms with Crippen LogP contribution in [0.1, 0.15) is 17.9 Å². The second kappa shape index (κ2) is 7.39. The summed E-state index contributed by atoms with van der Waals surface area (Å²) in [5.41, 5.74) is 1.48. The molecule has 18 heavy (non-hydrogen) atoms. The number of hydrogen-bond acceptors (Lipinski definition) is 3. The molecular formula is C14H20ClNOS. The van der Waals surface area contributed by atoms with E-state index in [9.17, 15) is 0 Å². The minimum atomic E-state index is 0.366. The molecule has 1 heterocycles. The summed E-state index contributed by atoms with van der Waals surface area (Å²) in [6, 6.07) is 9.07. The number of ether oxygens (including phenoxy) is 1. The van der Waals surface area contributed by atoms with Crippen molar-refractivity contribution in [3.63, 3.8) is 0 Å². The van der Waals surface area contributed by atoms with Crippen molar-refractivity contribution >= 4 is 23.4 Å². The molecule has 2 rings (SSSR count). The number of benzene rings is 1. The summed E-state index contributed by atoms with van der Waals surface area (Å²) in [6.45, 7) is 1.74. The lowest BCUT2D eigenvalue weighted by atomic mass is 10.0. The molecule has 100 valence electrons. The highest BCUT2D eigenvalue weighted by atomic mass is 35.5. The van der Waals surface area contributed by atoms with Gasteiger partial charge < -0.3 is 10.1 Å². The summed E-state index contributed by atoms with van der Waals surface area (Å²) in [6.07, 6.45) is 0.955. The Morgan fingerprint density at radius 3 is 3.11 bits per heavy atom. The van der Waals surface area contributed by atoms with E-state index in [2.05, 4.69) is 29.6 Å². The Morgan fingerprint density at radius 1 is 1.50 bits per heavy atom. The molecule has 0 bridgehead atoms. The SMILES string of the molecule is COCC(CCCl)NCC1CSc2ccccc21. The quantitative estimate of drug-likeness (QED) is 0.778. The molecule has 1 aromatic rings. The molecule has 1 aliphatic rings. The number of alkyl halides is 1. The van der Waals surface area contributed by atoms with E-state index < -0.39 is 0 Å². The van der Waals surface area contributed by atoms with Crippen LogP contribution < -0.4 is 5.32 Å². The second-order valence-corrected chi connectivity index (χ2v) is 6.02. The lowest BCUT2D eigenvalue weighted by Gasteiger charge is -2.19. The average Bonchev–Trinajstić information content (AvgIpc) is 2.80. The zero-order chi connectivity index (χ0) is 12.8. The first-order chi connectivity index (χ1) is 8.85. The molecule has 0 amide bonds. The zero-order valence-corrected chi connectivity index (χ0v) is 12.3. The number of nitrogens with one attached hydrogen (secondary N) is 1. The number of rotatable bonds is 7. The van der Waals surface area contributed by atoms with Crippen molar-refractivity contribution in [1.82, 2.24) is 5.32 Å². The molecule has 1 aromatic carbocycles. The van der Waals surface area contributed by atoms with E-state index in [1.54, 1.807) is 7.11 Å². The van der Waals surface area contributed by atoms with Gasteiger partial charge in [0.2, 0.25) is 0 Å². The lowest BCUT2D eigenvalue weighted by molar-refractivity contribution is 0.164. The number of fused-ring (bicyclic) bond motifs is 1. The van der Waals surface area contributed by atoms with E-state index in [1.165, 1.54) is 16.2 Å². The molecule has 2 atom stereocenters. The van der Waals surface area contributed by atoms with Crippen LogP contribution in [-0.2, 0) is 4.74 Å². The fourth-order valence-electron chi connectivity index (χ4n) is 2.28. The highest BCUT2D eigenvalue weighted by Gasteiger charge is 2.23. The van der Waals surface area contributed by atoms with Crippen LogP contribution in [0.3, 0.4) is 0 Å². The van der Waals surface area contributed by atoms with E-state index in [-0.39, 0.29) is 0 Å². The molecule has 0 saturated carbocycles. The molecule has 0 saturated heterocycles. The van der Waals surface area contributed by atoms with Crippen LogP contribution >= 0.6 is 23.4 Å². The van der Waals surface area contributed by atoms with Crippen molar-refractivity contribution < 1.29 is 4.74 Å². The highest BCUT2D eigenvalue weighted by Crippen LogP contribution is 2.38. The molecule has 1 N–H and O–H groups in total. The summed E-state index contributed by atoms with van der Waals surface area (Å²) in [5.74, 6) is 2.46. The molecule has 0 aliphatic carbocycles. The molecule has 0 spiro atoms. The molecule has 0 radical (unpaired) electrons. The van der Waals surface area contributed by atoms with Crippen LogP contribution in [0.4, 0.5) is 0 Å². The molecular weight excluding hydrogens is 266 g/mol. The number of methoxy groups -OCH3 is 1. The monoisotopic (exact) mass is 285 g/mol. The van der Waals surface area contributed by atoms with Crippen LogP contribution in [0, 0.1) is 0 Å². The zero-order valence-electron chi connectivity index (χ0n) is 10.7. The fourth-order valence-corrected chi connectivity index (χ4v) is 3.80. The molecule has 2 unspecified atom stereocenters. The summed E-state index contributed by atoms with van der Waals surface area (Å²) in [7, 11) is 1.74. The second-order valence-electron chi connectivity index (χ2n) is 4.58. The van der Waals surface area contributed by atoms with Crippen molar-refractivity contribution in [3.05, 3.63) is 29.8 Å². The largest absolute Gasteiger partial charge is 0.383 e. The molecule has 0 fully saturated rings. The lowest BCUT2D eigenvalue weighted by Crippen LogP contribution is -2.36. The van der Waals surface area contributed by atoms with Gasteiger partial charge in [0.05, 0.1) is 6.61 Å². The first kappa shape index (κ1) is 14.2. The van der Waals surface area contributed by atoms with Gasteiger partial charge in [-0.1, -0.05) is 18.2 Å². The van der Waals surface area contributed by atoms with Crippen LogP contribution in [0.5, 0.6) is 0 Å². The Labute approximate surface area is 118 Å². The maximum Gasteiger partial charge on any atom is 0.0616 e. The smallest absolute Gasteiger partial charge is 0.0616 e. The maximum absolute atomic E-state index is 5.81. The summed E-state index contributed by atoms with van der Waals surface area (Å²) < 4.78 is 5.21. The van der Waals surface area contributed by atoms with E-state index in [0.717, 1.165) is 19.6 Å². The summed E-state index contributed by atoms with van der Waals surface area (Å²) in [4.78, 5) is 1.44. The van der Waals surface area contributed by atoms with Crippen LogP contribution in [0.25, 0.3) is 0 Å². The van der Waals surface area contributed by atoms with E-state index in [0.29, 0.717) is 17.8 Å². The van der Waals surface area contributed by atoms with Crippen molar-refractivity contribution in [2.45, 2.75) is 23.3 Å². The topological polar surface area (TPSA) is 21.3 Å². The minimum absolute atomic E-state index is 0.366. The van der Waals surface area contributed by atoms with Gasteiger partial charge in [-0.05, 0) is 18.1 Å². The van der Waals surface area contributed by atoms with E-state index in [4.69, 9.17) is 16.3 Å². The Balaban J connectivity index is 1.87. The van der Waals surface area contributed by atoms with E-state index >= 15 is 0 Å². The highest BCUT2D eigenvalue weighted by molar-refractivity contribution is 7.99. The predicted octanol–water partition coefficient (Wildman–Crippen LogP) is 3.11. The molecule has 2 nitrogen and oxygen atoms in total. The maximum atomic E-state index is 5.81. The van der Waals surface area contributed by atoms with Crippen LogP contribution in [0.15, 0.2) is 29.2 Å². The van der Waals surface area contributed by atoms with Crippen molar-refractivity contribution in [3.8, 4) is 0 Å². The molecule has 4 heteroatoms. The minimum Gasteiger partial charge on any atom is -0.383 e. The third kappa shape index (κ3) is 3.64. The van der Waals surface area contributed by atoms with Gasteiger partial charge in [0, 0.05) is 42.1 Å². The van der Waals surface area contributed by atoms with Crippen molar-refractivity contribution in [1.29, 1.82) is 0 Å². The molecule has 1 aliphatic heterocycles. The van der Waals surface area contributed by atoms with Gasteiger partial charge in [0.15, 0.2) is 0 Å². The van der Waals surface area contributed by atoms with Gasteiger partial charge in [-0.2, -0.15) is 0 Å². The van der Waals surface area contributed by atoms with E-state index in [1.807, 2.05) is 11.8 Å². The third-order valence-corrected chi connectivity index (χ3v) is 4.75.